The molecule has 0 aromatic heterocycles. The number of unbranched alkanes of at least 4 members (excludes halogenated alkanes) is 4. The monoisotopic (exact) mass is 504 g/mol. The van der Waals surface area contributed by atoms with Crippen molar-refractivity contribution in [2.75, 3.05) is 32.8 Å². The van der Waals surface area contributed by atoms with Crippen LogP contribution in [0.15, 0.2) is 25.3 Å². The Bertz CT molecular complexity index is 831. The highest BCUT2D eigenvalue weighted by atomic mass is 16.6. The van der Waals surface area contributed by atoms with Gasteiger partial charge < -0.3 is 24.4 Å². The maximum atomic E-state index is 14.1. The van der Waals surface area contributed by atoms with Crippen LogP contribution in [0.1, 0.15) is 71.6 Å². The number of nitrogens with zero attached hydrogens (tertiary/aromatic N) is 2. The van der Waals surface area contributed by atoms with E-state index in [-0.39, 0.29) is 25.0 Å². The van der Waals surface area contributed by atoms with Gasteiger partial charge in [0.15, 0.2) is 0 Å². The Kier molecular flexibility index (Phi) is 9.75. The molecule has 3 rings (SSSR count). The van der Waals surface area contributed by atoms with Crippen LogP contribution in [0.2, 0.25) is 0 Å². The van der Waals surface area contributed by atoms with E-state index in [0.717, 1.165) is 25.7 Å². The smallest absolute Gasteiger partial charge is 0.312 e. The molecule has 3 fully saturated rings. The van der Waals surface area contributed by atoms with Gasteiger partial charge in [-0.15, -0.1) is 13.2 Å². The second kappa shape index (κ2) is 12.4. The Morgan fingerprint density at radius 3 is 2.64 bits per heavy atom. The lowest BCUT2D eigenvalue weighted by Gasteiger charge is -2.37. The van der Waals surface area contributed by atoms with Gasteiger partial charge in [-0.2, -0.15) is 0 Å². The highest BCUT2D eigenvalue weighted by Gasteiger charge is 2.78. The largest absolute Gasteiger partial charge is 0.465 e. The maximum absolute atomic E-state index is 14.1. The summed E-state index contributed by atoms with van der Waals surface area (Å²) in [5.41, 5.74) is -1.88. The summed E-state index contributed by atoms with van der Waals surface area (Å²) in [7, 11) is 0. The molecule has 0 saturated carbocycles. The second-order valence-corrected chi connectivity index (χ2v) is 10.6. The van der Waals surface area contributed by atoms with E-state index < -0.39 is 35.0 Å². The van der Waals surface area contributed by atoms with Crippen LogP contribution < -0.4 is 0 Å². The van der Waals surface area contributed by atoms with Gasteiger partial charge in [-0.05, 0) is 51.9 Å². The van der Waals surface area contributed by atoms with E-state index in [1.165, 1.54) is 0 Å². The van der Waals surface area contributed by atoms with Crippen LogP contribution >= 0.6 is 0 Å². The number of esters is 1. The molecule has 3 aliphatic heterocycles. The number of rotatable bonds is 16. The third kappa shape index (κ3) is 5.25. The zero-order valence-corrected chi connectivity index (χ0v) is 22.1. The SMILES string of the molecule is C=CCCCOC(=O)[C@H]1[C@H]2C(=O)N(CCCCO)C(C(=O)N(CC=C)CCCCC)C23CC[C@]1(C)O3. The minimum absolute atomic E-state index is 0.0169. The quantitative estimate of drug-likeness (QED) is 0.197. The number of amides is 2. The Morgan fingerprint density at radius 1 is 1.19 bits per heavy atom. The van der Waals surface area contributed by atoms with Crippen LogP contribution in [0.4, 0.5) is 0 Å². The molecule has 3 heterocycles. The van der Waals surface area contributed by atoms with Crippen LogP contribution in [0.5, 0.6) is 0 Å². The molecule has 3 saturated heterocycles. The van der Waals surface area contributed by atoms with E-state index in [9.17, 15) is 19.5 Å². The van der Waals surface area contributed by atoms with E-state index in [2.05, 4.69) is 20.1 Å². The van der Waals surface area contributed by atoms with Gasteiger partial charge >= 0.3 is 5.97 Å². The molecule has 202 valence electrons. The zero-order chi connectivity index (χ0) is 26.3. The number of hydrogen-bond donors (Lipinski definition) is 1. The number of ether oxygens (including phenoxy) is 2. The number of carbonyl (C=O) groups is 3. The standard InChI is InChI=1S/C28H44N2O6/c1-5-8-10-17-29(16-7-3)25(33)23-28-15-14-27(4,36-28)22(26(34)35-20-13-9-6-2)21(28)24(32)30(23)18-11-12-19-31/h6-7,21-23,31H,2-3,5,8-20H2,1,4H3/t21-,22+,23?,27-,28?/m0/s1. The molecular weight excluding hydrogens is 460 g/mol. The fraction of sp³-hybridized carbons (Fsp3) is 0.750. The van der Waals surface area contributed by atoms with Crippen molar-refractivity contribution in [1.82, 2.24) is 9.80 Å². The molecule has 8 heteroatoms. The second-order valence-electron chi connectivity index (χ2n) is 10.6. The highest BCUT2D eigenvalue weighted by molar-refractivity contribution is 5.98. The average Bonchev–Trinajstić information content (AvgIpc) is 3.42. The first kappa shape index (κ1) is 28.4. The fourth-order valence-electron chi connectivity index (χ4n) is 6.36. The first-order chi connectivity index (χ1) is 17.3. The van der Waals surface area contributed by atoms with Crippen LogP contribution in [-0.2, 0) is 23.9 Å². The molecule has 0 aromatic carbocycles. The summed E-state index contributed by atoms with van der Waals surface area (Å²) in [4.78, 5) is 44.7. The Morgan fingerprint density at radius 2 is 1.97 bits per heavy atom. The van der Waals surface area contributed by atoms with Crippen molar-refractivity contribution >= 4 is 17.8 Å². The van der Waals surface area contributed by atoms with Crippen molar-refractivity contribution in [2.45, 2.75) is 88.9 Å². The molecule has 1 N–H and O–H groups in total. The molecule has 0 aliphatic carbocycles. The van der Waals surface area contributed by atoms with Gasteiger partial charge in [-0.1, -0.05) is 31.9 Å². The molecule has 0 aromatic rings. The number of carbonyl (C=O) groups excluding carboxylic acids is 3. The van der Waals surface area contributed by atoms with Crippen molar-refractivity contribution in [3.05, 3.63) is 25.3 Å². The third-order valence-corrected chi connectivity index (χ3v) is 8.06. The number of allylic oxidation sites excluding steroid dienone is 1. The summed E-state index contributed by atoms with van der Waals surface area (Å²) < 4.78 is 12.2. The minimum Gasteiger partial charge on any atom is -0.465 e. The number of hydrogen-bond acceptors (Lipinski definition) is 6. The van der Waals surface area contributed by atoms with Gasteiger partial charge in [-0.25, -0.2) is 0 Å². The van der Waals surface area contributed by atoms with Crippen molar-refractivity contribution in [1.29, 1.82) is 0 Å². The molecule has 1 spiro atoms. The summed E-state index contributed by atoms with van der Waals surface area (Å²) in [6.45, 7) is 13.1. The van der Waals surface area contributed by atoms with Crippen molar-refractivity contribution in [2.24, 2.45) is 11.8 Å². The summed E-state index contributed by atoms with van der Waals surface area (Å²) in [5.74, 6) is -2.26. The summed E-state index contributed by atoms with van der Waals surface area (Å²) in [6, 6.07) is -0.796. The van der Waals surface area contributed by atoms with Crippen LogP contribution in [0, 0.1) is 11.8 Å². The first-order valence-electron chi connectivity index (χ1n) is 13.6. The zero-order valence-electron chi connectivity index (χ0n) is 22.1. The van der Waals surface area contributed by atoms with Crippen LogP contribution in [0.3, 0.4) is 0 Å². The molecule has 0 radical (unpaired) electrons. The van der Waals surface area contributed by atoms with Gasteiger partial charge in [0.05, 0.1) is 18.1 Å². The van der Waals surface area contributed by atoms with Crippen LogP contribution in [-0.4, -0.2) is 82.8 Å². The molecule has 8 nitrogen and oxygen atoms in total. The van der Waals surface area contributed by atoms with E-state index in [0.29, 0.717) is 51.7 Å². The van der Waals surface area contributed by atoms with Gasteiger partial charge in [0, 0.05) is 26.2 Å². The Labute approximate surface area is 215 Å². The average molecular weight is 505 g/mol. The normalized spacial score (nSPS) is 30.4. The number of likely N-dealkylation sites (tertiary alicyclic amines) is 1. The van der Waals surface area contributed by atoms with Gasteiger partial charge in [-0.3, -0.25) is 14.4 Å². The molecule has 2 bridgehead atoms. The lowest BCUT2D eigenvalue weighted by atomic mass is 9.66. The van der Waals surface area contributed by atoms with Gasteiger partial charge in [0.25, 0.3) is 0 Å². The summed E-state index contributed by atoms with van der Waals surface area (Å²) in [6.07, 6.45) is 10.1. The predicted molar refractivity (Wildman–Crippen MR) is 137 cm³/mol. The Balaban J connectivity index is 1.93. The van der Waals surface area contributed by atoms with Gasteiger partial charge in [0.1, 0.15) is 17.6 Å². The van der Waals surface area contributed by atoms with Crippen molar-refractivity contribution < 1.29 is 29.0 Å². The molecular formula is C28H44N2O6. The minimum atomic E-state index is -1.04. The topological polar surface area (TPSA) is 96.4 Å². The third-order valence-electron chi connectivity index (χ3n) is 8.06. The van der Waals surface area contributed by atoms with Crippen molar-refractivity contribution in [3.8, 4) is 0 Å². The lowest BCUT2D eigenvalue weighted by molar-refractivity contribution is -0.160. The lowest BCUT2D eigenvalue weighted by Crippen LogP contribution is -2.56. The van der Waals surface area contributed by atoms with E-state index in [1.807, 2.05) is 6.92 Å². The fourth-order valence-corrected chi connectivity index (χ4v) is 6.36. The molecule has 2 unspecified atom stereocenters. The number of aliphatic hydroxyl groups excluding tert-OH is 1. The summed E-state index contributed by atoms with van der Waals surface area (Å²) in [5, 5.41) is 9.31. The van der Waals surface area contributed by atoms with Crippen molar-refractivity contribution in [3.63, 3.8) is 0 Å². The summed E-state index contributed by atoms with van der Waals surface area (Å²) >= 11 is 0. The van der Waals surface area contributed by atoms with E-state index in [4.69, 9.17) is 9.47 Å². The molecule has 5 atom stereocenters. The first-order valence-corrected chi connectivity index (χ1v) is 13.6. The van der Waals surface area contributed by atoms with Crippen LogP contribution in [0.25, 0.3) is 0 Å². The highest BCUT2D eigenvalue weighted by Crippen LogP contribution is 2.63. The molecule has 3 aliphatic rings. The maximum Gasteiger partial charge on any atom is 0.312 e. The molecule has 36 heavy (non-hydrogen) atoms. The predicted octanol–water partition coefficient (Wildman–Crippen LogP) is 3.24. The number of fused-ring (bicyclic) bond motifs is 1. The number of aliphatic hydroxyl groups is 1. The van der Waals surface area contributed by atoms with Gasteiger partial charge in [0.2, 0.25) is 11.8 Å². The Hall–Kier alpha value is -2.19. The van der Waals surface area contributed by atoms with E-state index in [1.54, 1.807) is 22.0 Å². The molecule has 2 amide bonds. The van der Waals surface area contributed by atoms with E-state index >= 15 is 0 Å².